The van der Waals surface area contributed by atoms with Gasteiger partial charge in [-0.3, -0.25) is 0 Å². The van der Waals surface area contributed by atoms with E-state index in [1.165, 1.54) is 11.3 Å². The third-order valence-corrected chi connectivity index (χ3v) is 1.99. The highest BCUT2D eigenvalue weighted by Crippen LogP contribution is 2.07. The maximum atomic E-state index is 10.1. The van der Waals surface area contributed by atoms with E-state index in [4.69, 9.17) is 0 Å². The molecule has 0 radical (unpaired) electrons. The topological polar surface area (TPSA) is 22.0 Å². The average molecular weight is 151 g/mol. The zero-order chi connectivity index (χ0) is 8.27. The molecular formula is C9H13NO. The molecule has 0 fully saturated rings. The van der Waals surface area contributed by atoms with Crippen molar-refractivity contribution in [2.24, 2.45) is 0 Å². The van der Waals surface area contributed by atoms with Crippen LogP contribution in [0.1, 0.15) is 17.7 Å². The van der Waals surface area contributed by atoms with Crippen molar-refractivity contribution in [3.63, 3.8) is 0 Å². The van der Waals surface area contributed by atoms with E-state index in [-0.39, 0.29) is 0 Å². The molecule has 0 spiro atoms. The molecule has 1 aromatic heterocycles. The predicted molar refractivity (Wildman–Crippen MR) is 44.6 cm³/mol. The molecule has 11 heavy (non-hydrogen) atoms. The lowest BCUT2D eigenvalue weighted by molar-refractivity contribution is -0.108. The number of carbonyl (C=O) groups excluding carboxylic acids is 1. The van der Waals surface area contributed by atoms with Gasteiger partial charge in [0.05, 0.1) is 0 Å². The smallest absolute Gasteiger partial charge is 0.121 e. The largest absolute Gasteiger partial charge is 0.351 e. The highest BCUT2D eigenvalue weighted by atomic mass is 16.1. The Hall–Kier alpha value is -1.05. The van der Waals surface area contributed by atoms with Crippen molar-refractivity contribution >= 4 is 6.29 Å². The molecule has 0 bridgehead atoms. The summed E-state index contributed by atoms with van der Waals surface area (Å²) in [6.07, 6.45) is 3.58. The summed E-state index contributed by atoms with van der Waals surface area (Å²) >= 11 is 0. The van der Waals surface area contributed by atoms with E-state index in [2.05, 4.69) is 24.5 Å². The normalized spacial score (nSPS) is 10.0. The highest BCUT2D eigenvalue weighted by Gasteiger charge is 1.97. The van der Waals surface area contributed by atoms with E-state index in [0.717, 1.165) is 12.8 Å². The van der Waals surface area contributed by atoms with Crippen molar-refractivity contribution in [2.75, 3.05) is 0 Å². The molecule has 2 nitrogen and oxygen atoms in total. The van der Waals surface area contributed by atoms with Crippen molar-refractivity contribution in [1.29, 1.82) is 0 Å². The number of rotatable bonds is 3. The first-order valence-electron chi connectivity index (χ1n) is 3.81. The Balaban J connectivity index is 2.70. The Morgan fingerprint density at radius 1 is 1.55 bits per heavy atom. The van der Waals surface area contributed by atoms with Gasteiger partial charge in [-0.15, -0.1) is 0 Å². The van der Waals surface area contributed by atoms with Gasteiger partial charge in [-0.05, 0) is 25.5 Å². The van der Waals surface area contributed by atoms with Crippen LogP contribution in [0.3, 0.4) is 0 Å². The number of hydrogen-bond acceptors (Lipinski definition) is 1. The van der Waals surface area contributed by atoms with Gasteiger partial charge in [0.2, 0.25) is 0 Å². The van der Waals surface area contributed by atoms with Gasteiger partial charge < -0.3 is 9.36 Å². The Labute approximate surface area is 66.8 Å². The molecule has 0 aliphatic heterocycles. The Bertz CT molecular complexity index is 250. The standard InChI is InChI=1S/C9H13NO/c1-8-4-6-10(9(8)2)5-3-7-11/h4,6-7H,3,5H2,1-2H3. The Kier molecular flexibility index (Phi) is 2.47. The van der Waals surface area contributed by atoms with Gasteiger partial charge in [-0.1, -0.05) is 0 Å². The second kappa shape index (κ2) is 3.37. The quantitative estimate of drug-likeness (QED) is 0.602. The number of hydrogen-bond donors (Lipinski definition) is 0. The van der Waals surface area contributed by atoms with Crippen LogP contribution >= 0.6 is 0 Å². The summed E-state index contributed by atoms with van der Waals surface area (Å²) in [6, 6.07) is 2.07. The SMILES string of the molecule is Cc1ccn(CCC=O)c1C. The number of aldehydes is 1. The summed E-state index contributed by atoms with van der Waals surface area (Å²) in [4.78, 5) is 10.1. The van der Waals surface area contributed by atoms with Gasteiger partial charge in [-0.2, -0.15) is 0 Å². The first kappa shape index (κ1) is 8.05. The second-order valence-electron chi connectivity index (χ2n) is 2.73. The van der Waals surface area contributed by atoms with Crippen molar-refractivity contribution in [2.45, 2.75) is 26.8 Å². The van der Waals surface area contributed by atoms with Crippen LogP contribution in [0.15, 0.2) is 12.3 Å². The number of nitrogens with zero attached hydrogens (tertiary/aromatic N) is 1. The minimum absolute atomic E-state index is 0.606. The number of aryl methyl sites for hydroxylation is 2. The summed E-state index contributed by atoms with van der Waals surface area (Å²) in [5.74, 6) is 0. The van der Waals surface area contributed by atoms with Crippen LogP contribution in [0.4, 0.5) is 0 Å². The van der Waals surface area contributed by atoms with E-state index in [0.29, 0.717) is 6.42 Å². The molecule has 1 rings (SSSR count). The van der Waals surface area contributed by atoms with Crippen LogP contribution in [0.25, 0.3) is 0 Å². The molecule has 2 heteroatoms. The molecule has 0 aliphatic rings. The minimum Gasteiger partial charge on any atom is -0.351 e. The molecule has 1 heterocycles. The fraction of sp³-hybridized carbons (Fsp3) is 0.444. The second-order valence-corrected chi connectivity index (χ2v) is 2.73. The summed E-state index contributed by atoms with van der Waals surface area (Å²) in [6.45, 7) is 4.95. The van der Waals surface area contributed by atoms with Crippen LogP contribution < -0.4 is 0 Å². The Morgan fingerprint density at radius 2 is 2.27 bits per heavy atom. The molecule has 0 unspecified atom stereocenters. The molecule has 1 aromatic rings. The molecule has 0 atom stereocenters. The van der Waals surface area contributed by atoms with E-state index in [1.54, 1.807) is 0 Å². The number of aromatic nitrogens is 1. The number of carbonyl (C=O) groups is 1. The molecule has 0 aliphatic carbocycles. The van der Waals surface area contributed by atoms with Gasteiger partial charge >= 0.3 is 0 Å². The molecule has 60 valence electrons. The maximum Gasteiger partial charge on any atom is 0.121 e. The maximum absolute atomic E-state index is 10.1. The molecule has 0 N–H and O–H groups in total. The fourth-order valence-electron chi connectivity index (χ4n) is 1.09. The van der Waals surface area contributed by atoms with Crippen molar-refractivity contribution in [1.82, 2.24) is 4.57 Å². The zero-order valence-corrected chi connectivity index (χ0v) is 7.00. The first-order valence-corrected chi connectivity index (χ1v) is 3.81. The predicted octanol–water partition coefficient (Wildman–Crippen LogP) is 1.69. The van der Waals surface area contributed by atoms with Gasteiger partial charge in [0.15, 0.2) is 0 Å². The highest BCUT2D eigenvalue weighted by molar-refractivity contribution is 5.49. The Morgan fingerprint density at radius 3 is 2.73 bits per heavy atom. The zero-order valence-electron chi connectivity index (χ0n) is 7.00. The molecule has 0 amide bonds. The molecular weight excluding hydrogens is 138 g/mol. The fourth-order valence-corrected chi connectivity index (χ4v) is 1.09. The van der Waals surface area contributed by atoms with Crippen LogP contribution in [-0.2, 0) is 11.3 Å². The van der Waals surface area contributed by atoms with Crippen LogP contribution in [0, 0.1) is 13.8 Å². The third kappa shape index (κ3) is 1.70. The summed E-state index contributed by atoms with van der Waals surface area (Å²) < 4.78 is 2.10. The van der Waals surface area contributed by atoms with Crippen molar-refractivity contribution < 1.29 is 4.79 Å². The molecule has 0 saturated heterocycles. The average Bonchev–Trinajstić information content (AvgIpc) is 2.31. The van der Waals surface area contributed by atoms with Crippen molar-refractivity contribution in [3.05, 3.63) is 23.5 Å². The summed E-state index contributed by atoms with van der Waals surface area (Å²) in [7, 11) is 0. The third-order valence-electron chi connectivity index (χ3n) is 1.99. The van der Waals surface area contributed by atoms with E-state index in [1.807, 2.05) is 6.20 Å². The van der Waals surface area contributed by atoms with Crippen LogP contribution in [0.5, 0.6) is 0 Å². The molecule has 0 aromatic carbocycles. The lowest BCUT2D eigenvalue weighted by Crippen LogP contribution is -1.98. The van der Waals surface area contributed by atoms with Crippen LogP contribution in [-0.4, -0.2) is 10.9 Å². The van der Waals surface area contributed by atoms with Gasteiger partial charge in [0.25, 0.3) is 0 Å². The monoisotopic (exact) mass is 151 g/mol. The summed E-state index contributed by atoms with van der Waals surface area (Å²) in [5.41, 5.74) is 2.54. The van der Waals surface area contributed by atoms with Gasteiger partial charge in [0.1, 0.15) is 6.29 Å². The molecule has 0 saturated carbocycles. The van der Waals surface area contributed by atoms with E-state index < -0.39 is 0 Å². The van der Waals surface area contributed by atoms with Crippen molar-refractivity contribution in [3.8, 4) is 0 Å². The van der Waals surface area contributed by atoms with E-state index in [9.17, 15) is 4.79 Å². The first-order chi connectivity index (χ1) is 5.25. The van der Waals surface area contributed by atoms with Gasteiger partial charge in [-0.25, -0.2) is 0 Å². The van der Waals surface area contributed by atoms with Gasteiger partial charge in [0, 0.05) is 24.9 Å². The van der Waals surface area contributed by atoms with Crippen LogP contribution in [0.2, 0.25) is 0 Å². The minimum atomic E-state index is 0.606. The van der Waals surface area contributed by atoms with E-state index >= 15 is 0 Å². The summed E-state index contributed by atoms with van der Waals surface area (Å²) in [5, 5.41) is 0. The lowest BCUT2D eigenvalue weighted by atomic mass is 10.3. The lowest BCUT2D eigenvalue weighted by Gasteiger charge is -2.02.